The minimum atomic E-state index is -0.720. The van der Waals surface area contributed by atoms with Gasteiger partial charge in [0.25, 0.3) is 0 Å². The van der Waals surface area contributed by atoms with Gasteiger partial charge in [0.1, 0.15) is 6.10 Å². The number of carboxylic acids is 1. The second-order valence-electron chi connectivity index (χ2n) is 11.7. The average Bonchev–Trinajstić information content (AvgIpc) is 2.91. The molecule has 0 aliphatic carbocycles. The van der Waals surface area contributed by atoms with Crippen molar-refractivity contribution in [2.45, 2.75) is 200 Å². The van der Waals surface area contributed by atoms with Gasteiger partial charge in [0, 0.05) is 12.8 Å². The summed E-state index contributed by atoms with van der Waals surface area (Å²) in [7, 11) is 0. The van der Waals surface area contributed by atoms with Gasteiger partial charge >= 0.3 is 11.9 Å². The quantitative estimate of drug-likeness (QED) is 0.0529. The highest BCUT2D eigenvalue weighted by Crippen LogP contribution is 2.16. The molecule has 1 unspecified atom stereocenters. The van der Waals surface area contributed by atoms with Crippen molar-refractivity contribution in [3.8, 4) is 0 Å². The van der Waals surface area contributed by atoms with Gasteiger partial charge in [0.15, 0.2) is 0 Å². The molecular formula is C35H66O4. The number of carbonyl (C=O) groups is 2. The maximum atomic E-state index is 12.5. The first-order chi connectivity index (χ1) is 19.1. The lowest BCUT2D eigenvalue weighted by Crippen LogP contribution is -2.16. The fourth-order valence-electron chi connectivity index (χ4n) is 5.15. The van der Waals surface area contributed by atoms with E-state index in [9.17, 15) is 9.59 Å². The SMILES string of the molecule is CCCCCC/C=C\C(CCCCCCC(=O)O)OC(=O)CCCCCCCCCCCCCCCCCC. The van der Waals surface area contributed by atoms with Crippen molar-refractivity contribution in [1.82, 2.24) is 0 Å². The molecule has 0 aromatic heterocycles. The third-order valence-corrected chi connectivity index (χ3v) is 7.72. The normalized spacial score (nSPS) is 12.3. The summed E-state index contributed by atoms with van der Waals surface area (Å²) in [4.78, 5) is 23.1. The Kier molecular flexibility index (Phi) is 30.2. The first kappa shape index (κ1) is 37.7. The van der Waals surface area contributed by atoms with Crippen LogP contribution in [-0.2, 0) is 14.3 Å². The fourth-order valence-corrected chi connectivity index (χ4v) is 5.15. The lowest BCUT2D eigenvalue weighted by atomic mass is 10.0. The van der Waals surface area contributed by atoms with E-state index in [0.29, 0.717) is 6.42 Å². The van der Waals surface area contributed by atoms with Crippen molar-refractivity contribution in [3.05, 3.63) is 12.2 Å². The third kappa shape index (κ3) is 31.1. The van der Waals surface area contributed by atoms with E-state index in [0.717, 1.165) is 51.4 Å². The maximum absolute atomic E-state index is 12.5. The molecule has 0 saturated heterocycles. The van der Waals surface area contributed by atoms with Gasteiger partial charge in [-0.25, -0.2) is 0 Å². The zero-order valence-corrected chi connectivity index (χ0v) is 26.2. The molecule has 0 aliphatic heterocycles. The topological polar surface area (TPSA) is 63.6 Å². The molecule has 0 radical (unpaired) electrons. The molecule has 0 aromatic rings. The summed E-state index contributed by atoms with van der Waals surface area (Å²) in [5.74, 6) is -0.784. The van der Waals surface area contributed by atoms with E-state index in [1.807, 2.05) is 0 Å². The summed E-state index contributed by atoms with van der Waals surface area (Å²) < 4.78 is 5.83. The number of carbonyl (C=O) groups excluding carboxylic acids is 1. The largest absolute Gasteiger partial charge is 0.481 e. The molecule has 0 spiro atoms. The number of esters is 1. The number of aliphatic carboxylic acids is 1. The minimum absolute atomic E-state index is 0.0631. The van der Waals surface area contributed by atoms with Gasteiger partial charge in [-0.05, 0) is 44.6 Å². The summed E-state index contributed by atoms with van der Waals surface area (Å²) in [6.45, 7) is 4.50. The Bertz CT molecular complexity index is 557. The van der Waals surface area contributed by atoms with Gasteiger partial charge in [-0.15, -0.1) is 0 Å². The minimum Gasteiger partial charge on any atom is -0.481 e. The van der Waals surface area contributed by atoms with E-state index in [1.54, 1.807) is 0 Å². The molecule has 230 valence electrons. The van der Waals surface area contributed by atoms with Crippen LogP contribution < -0.4 is 0 Å². The zero-order chi connectivity index (χ0) is 28.7. The van der Waals surface area contributed by atoms with Crippen LogP contribution in [0.3, 0.4) is 0 Å². The van der Waals surface area contributed by atoms with Crippen LogP contribution in [0.5, 0.6) is 0 Å². The van der Waals surface area contributed by atoms with Crippen LogP contribution in [0.15, 0.2) is 12.2 Å². The highest BCUT2D eigenvalue weighted by Gasteiger charge is 2.11. The predicted octanol–water partition coefficient (Wildman–Crippen LogP) is 11.5. The van der Waals surface area contributed by atoms with Gasteiger partial charge in [-0.2, -0.15) is 0 Å². The van der Waals surface area contributed by atoms with E-state index >= 15 is 0 Å². The smallest absolute Gasteiger partial charge is 0.306 e. The van der Waals surface area contributed by atoms with Crippen LogP contribution in [0.25, 0.3) is 0 Å². The maximum Gasteiger partial charge on any atom is 0.306 e. The standard InChI is InChI=1S/C35H66O4/c1-3-5-7-9-11-12-13-14-15-16-17-18-19-20-22-28-32-35(38)39-33(29-25-21-10-8-6-4-2)30-26-23-24-27-31-34(36)37/h25,29,33H,3-24,26-28,30-32H2,1-2H3,(H,36,37)/b29-25-. The molecule has 4 heteroatoms. The Labute approximate surface area is 243 Å². The molecule has 0 saturated carbocycles. The Hall–Kier alpha value is -1.32. The number of rotatable bonds is 31. The molecule has 1 N–H and O–H groups in total. The Morgan fingerprint density at radius 1 is 0.564 bits per heavy atom. The molecule has 0 amide bonds. The van der Waals surface area contributed by atoms with Crippen LogP contribution in [0, 0.1) is 0 Å². The van der Waals surface area contributed by atoms with Crippen LogP contribution in [0.4, 0.5) is 0 Å². The van der Waals surface area contributed by atoms with Crippen molar-refractivity contribution in [2.24, 2.45) is 0 Å². The third-order valence-electron chi connectivity index (χ3n) is 7.72. The monoisotopic (exact) mass is 550 g/mol. The second kappa shape index (κ2) is 31.2. The van der Waals surface area contributed by atoms with E-state index < -0.39 is 5.97 Å². The van der Waals surface area contributed by atoms with E-state index in [4.69, 9.17) is 9.84 Å². The number of allylic oxidation sites excluding steroid dienone is 1. The Morgan fingerprint density at radius 2 is 0.974 bits per heavy atom. The molecule has 0 aliphatic rings. The molecule has 39 heavy (non-hydrogen) atoms. The van der Waals surface area contributed by atoms with Gasteiger partial charge < -0.3 is 9.84 Å². The molecule has 4 nitrogen and oxygen atoms in total. The van der Waals surface area contributed by atoms with Crippen LogP contribution >= 0.6 is 0 Å². The second-order valence-corrected chi connectivity index (χ2v) is 11.7. The predicted molar refractivity (Wildman–Crippen MR) is 167 cm³/mol. The average molecular weight is 551 g/mol. The summed E-state index contributed by atoms with van der Waals surface area (Å²) in [5, 5.41) is 8.78. The fraction of sp³-hybridized carbons (Fsp3) is 0.886. The lowest BCUT2D eigenvalue weighted by Gasteiger charge is -2.15. The first-order valence-electron chi connectivity index (χ1n) is 17.2. The molecule has 0 fully saturated rings. The number of hydrogen-bond donors (Lipinski definition) is 1. The molecular weight excluding hydrogens is 484 g/mol. The van der Waals surface area contributed by atoms with Crippen molar-refractivity contribution in [1.29, 1.82) is 0 Å². The lowest BCUT2D eigenvalue weighted by molar-refractivity contribution is -0.147. The summed E-state index contributed by atoms with van der Waals surface area (Å²) >= 11 is 0. The Morgan fingerprint density at radius 3 is 1.46 bits per heavy atom. The van der Waals surface area contributed by atoms with Gasteiger partial charge in [0.05, 0.1) is 0 Å². The van der Waals surface area contributed by atoms with Crippen LogP contribution in [0.1, 0.15) is 194 Å². The molecule has 0 heterocycles. The molecule has 0 aromatic carbocycles. The van der Waals surface area contributed by atoms with Crippen LogP contribution in [0.2, 0.25) is 0 Å². The van der Waals surface area contributed by atoms with Gasteiger partial charge in [-0.3, -0.25) is 9.59 Å². The van der Waals surface area contributed by atoms with E-state index in [1.165, 1.54) is 116 Å². The van der Waals surface area contributed by atoms with E-state index in [-0.39, 0.29) is 18.5 Å². The molecule has 0 rings (SSSR count). The Balaban J connectivity index is 3.86. The highest BCUT2D eigenvalue weighted by molar-refractivity contribution is 5.69. The zero-order valence-electron chi connectivity index (χ0n) is 26.2. The van der Waals surface area contributed by atoms with Crippen molar-refractivity contribution < 1.29 is 19.4 Å². The van der Waals surface area contributed by atoms with Gasteiger partial charge in [-0.1, -0.05) is 148 Å². The molecule has 0 bridgehead atoms. The summed E-state index contributed by atoms with van der Waals surface area (Å²) in [6.07, 6.45) is 36.7. The van der Waals surface area contributed by atoms with Crippen molar-refractivity contribution in [2.75, 3.05) is 0 Å². The highest BCUT2D eigenvalue weighted by atomic mass is 16.5. The van der Waals surface area contributed by atoms with E-state index in [2.05, 4.69) is 26.0 Å². The summed E-state index contributed by atoms with van der Waals surface area (Å²) in [6, 6.07) is 0. The first-order valence-corrected chi connectivity index (χ1v) is 17.2. The number of ether oxygens (including phenoxy) is 1. The number of unbranched alkanes of at least 4 members (excludes halogenated alkanes) is 22. The molecule has 1 atom stereocenters. The van der Waals surface area contributed by atoms with Gasteiger partial charge in [0.2, 0.25) is 0 Å². The van der Waals surface area contributed by atoms with Crippen molar-refractivity contribution in [3.63, 3.8) is 0 Å². The number of hydrogen-bond acceptors (Lipinski definition) is 3. The van der Waals surface area contributed by atoms with Crippen LogP contribution in [-0.4, -0.2) is 23.1 Å². The van der Waals surface area contributed by atoms with Crippen molar-refractivity contribution >= 4 is 11.9 Å². The number of carboxylic acid groups (broad SMARTS) is 1. The summed E-state index contributed by atoms with van der Waals surface area (Å²) in [5.41, 5.74) is 0.